The number of phenols is 1. The van der Waals surface area contributed by atoms with Crippen molar-refractivity contribution in [3.63, 3.8) is 0 Å². The summed E-state index contributed by atoms with van der Waals surface area (Å²) in [6, 6.07) is 11.4. The Kier molecular flexibility index (Phi) is 10.9. The van der Waals surface area contributed by atoms with E-state index in [9.17, 15) is 19.5 Å². The number of hydrazone groups is 1. The summed E-state index contributed by atoms with van der Waals surface area (Å²) in [6.07, 6.45) is 1.42. The highest BCUT2D eigenvalue weighted by atomic mass is 16.5. The van der Waals surface area contributed by atoms with Gasteiger partial charge in [0.15, 0.2) is 18.1 Å². The standard InChI is InChI=1S/C30H35N3O8/c1-6-38-24-15-20(9-14-23(24)34)16-31-33-25(35)17-41-22-12-10-21(11-13-22)28-26(29(36)39-7-2)18(4)32-19(5)27(28)30(37)40-8-3/h9-16,28,32,34H,6-8,17H2,1-5H3,(H,33,35)/b31-16+. The molecular formula is C30H35N3O8. The number of amides is 1. The predicted octanol–water partition coefficient (Wildman–Crippen LogP) is 3.68. The number of benzene rings is 2. The molecule has 11 nitrogen and oxygen atoms in total. The van der Waals surface area contributed by atoms with Crippen molar-refractivity contribution >= 4 is 24.1 Å². The van der Waals surface area contributed by atoms with Crippen LogP contribution in [0.4, 0.5) is 0 Å². The van der Waals surface area contributed by atoms with Crippen LogP contribution in [-0.2, 0) is 23.9 Å². The van der Waals surface area contributed by atoms with Crippen molar-refractivity contribution < 1.29 is 38.4 Å². The molecule has 2 aromatic carbocycles. The first-order valence-electron chi connectivity index (χ1n) is 13.2. The molecule has 2 aromatic rings. The summed E-state index contributed by atoms with van der Waals surface area (Å²) >= 11 is 0. The van der Waals surface area contributed by atoms with Gasteiger partial charge in [-0.25, -0.2) is 15.0 Å². The molecule has 0 unspecified atom stereocenters. The van der Waals surface area contributed by atoms with Crippen LogP contribution in [0.15, 0.2) is 70.1 Å². The number of hydrogen-bond acceptors (Lipinski definition) is 10. The summed E-state index contributed by atoms with van der Waals surface area (Å²) in [4.78, 5) is 38.1. The molecule has 11 heteroatoms. The van der Waals surface area contributed by atoms with Gasteiger partial charge in [0.2, 0.25) is 0 Å². The monoisotopic (exact) mass is 565 g/mol. The van der Waals surface area contributed by atoms with Gasteiger partial charge in [0.1, 0.15) is 5.75 Å². The first-order chi connectivity index (χ1) is 19.7. The van der Waals surface area contributed by atoms with E-state index in [1.165, 1.54) is 12.3 Å². The summed E-state index contributed by atoms with van der Waals surface area (Å²) in [5, 5.41) is 16.8. The van der Waals surface area contributed by atoms with Crippen molar-refractivity contribution in [3.05, 3.63) is 76.1 Å². The maximum absolute atomic E-state index is 12.9. The van der Waals surface area contributed by atoms with E-state index in [4.69, 9.17) is 18.9 Å². The Morgan fingerprint density at radius 2 is 1.51 bits per heavy atom. The van der Waals surface area contributed by atoms with E-state index in [-0.39, 0.29) is 25.6 Å². The lowest BCUT2D eigenvalue weighted by atomic mass is 9.80. The summed E-state index contributed by atoms with van der Waals surface area (Å²) in [6.45, 7) is 9.20. The number of esters is 2. The molecule has 1 heterocycles. The van der Waals surface area contributed by atoms with E-state index < -0.39 is 23.8 Å². The van der Waals surface area contributed by atoms with Gasteiger partial charge in [-0.1, -0.05) is 12.1 Å². The highest BCUT2D eigenvalue weighted by Gasteiger charge is 2.37. The molecule has 3 rings (SSSR count). The fraction of sp³-hybridized carbons (Fsp3) is 0.333. The van der Waals surface area contributed by atoms with Gasteiger partial charge in [-0.2, -0.15) is 5.10 Å². The maximum atomic E-state index is 12.9. The summed E-state index contributed by atoms with van der Waals surface area (Å²) in [5.74, 6) is -1.54. The number of phenolic OH excluding ortho intramolecular Hbond substituents is 1. The lowest BCUT2D eigenvalue weighted by Crippen LogP contribution is -2.32. The van der Waals surface area contributed by atoms with Gasteiger partial charge in [-0.3, -0.25) is 4.79 Å². The Labute approximate surface area is 238 Å². The molecule has 0 fully saturated rings. The molecule has 1 aliphatic heterocycles. The fourth-order valence-corrected chi connectivity index (χ4v) is 4.28. The molecule has 0 atom stereocenters. The minimum absolute atomic E-state index is 0.0131. The van der Waals surface area contributed by atoms with Crippen LogP contribution in [0.2, 0.25) is 0 Å². The molecule has 218 valence electrons. The number of dihydropyridines is 1. The third-order valence-electron chi connectivity index (χ3n) is 6.02. The van der Waals surface area contributed by atoms with E-state index >= 15 is 0 Å². The van der Waals surface area contributed by atoms with E-state index in [1.54, 1.807) is 71.0 Å². The minimum atomic E-state index is -0.718. The number of hydrogen-bond donors (Lipinski definition) is 3. The number of rotatable bonds is 12. The minimum Gasteiger partial charge on any atom is -0.504 e. The highest BCUT2D eigenvalue weighted by molar-refractivity contribution is 5.99. The Hall–Kier alpha value is -4.80. The van der Waals surface area contributed by atoms with Gasteiger partial charge in [0, 0.05) is 11.4 Å². The molecule has 3 N–H and O–H groups in total. The van der Waals surface area contributed by atoms with Crippen LogP contribution in [0.1, 0.15) is 51.7 Å². The lowest BCUT2D eigenvalue weighted by Gasteiger charge is -2.30. The number of nitrogens with one attached hydrogen (secondary N) is 2. The van der Waals surface area contributed by atoms with Crippen LogP contribution in [0.3, 0.4) is 0 Å². The van der Waals surface area contributed by atoms with Gasteiger partial charge < -0.3 is 29.4 Å². The predicted molar refractivity (Wildman–Crippen MR) is 151 cm³/mol. The van der Waals surface area contributed by atoms with Crippen LogP contribution in [0.5, 0.6) is 17.2 Å². The van der Waals surface area contributed by atoms with Crippen LogP contribution in [0.25, 0.3) is 0 Å². The SMILES string of the molecule is CCOC(=O)C1=C(C)NC(C)=C(C(=O)OCC)C1c1ccc(OCC(=O)N/N=C/c2ccc(O)c(OCC)c2)cc1. The Balaban J connectivity index is 1.71. The number of carbonyl (C=O) groups is 3. The number of ether oxygens (including phenoxy) is 4. The van der Waals surface area contributed by atoms with Crippen LogP contribution < -0.4 is 20.2 Å². The van der Waals surface area contributed by atoms with Crippen molar-refractivity contribution in [3.8, 4) is 17.2 Å². The molecule has 0 spiro atoms. The average Bonchev–Trinajstić information content (AvgIpc) is 2.94. The largest absolute Gasteiger partial charge is 0.504 e. The molecule has 0 saturated carbocycles. The van der Waals surface area contributed by atoms with Crippen LogP contribution in [0, 0.1) is 0 Å². The molecule has 0 saturated heterocycles. The second kappa shape index (κ2) is 14.5. The summed E-state index contributed by atoms with van der Waals surface area (Å²) in [7, 11) is 0. The Morgan fingerprint density at radius 1 is 0.902 bits per heavy atom. The van der Waals surface area contributed by atoms with E-state index in [2.05, 4.69) is 15.8 Å². The molecule has 0 bridgehead atoms. The first kappa shape index (κ1) is 30.7. The smallest absolute Gasteiger partial charge is 0.336 e. The van der Waals surface area contributed by atoms with Crippen molar-refractivity contribution in [1.82, 2.24) is 10.7 Å². The van der Waals surface area contributed by atoms with Gasteiger partial charge >= 0.3 is 11.9 Å². The summed E-state index contributed by atoms with van der Waals surface area (Å²) < 4.78 is 21.5. The van der Waals surface area contributed by atoms with Gasteiger partial charge in [-0.05, 0) is 76.1 Å². The van der Waals surface area contributed by atoms with Crippen LogP contribution >= 0.6 is 0 Å². The van der Waals surface area contributed by atoms with E-state index in [0.29, 0.717) is 51.8 Å². The number of allylic oxidation sites excluding steroid dienone is 2. The third-order valence-corrected chi connectivity index (χ3v) is 6.02. The van der Waals surface area contributed by atoms with Crippen molar-refractivity contribution in [2.45, 2.75) is 40.5 Å². The topological polar surface area (TPSA) is 145 Å². The maximum Gasteiger partial charge on any atom is 0.336 e. The van der Waals surface area contributed by atoms with Crippen molar-refractivity contribution in [1.29, 1.82) is 0 Å². The number of nitrogens with zero attached hydrogens (tertiary/aromatic N) is 1. The van der Waals surface area contributed by atoms with Gasteiger partial charge in [0.05, 0.1) is 43.1 Å². The molecule has 41 heavy (non-hydrogen) atoms. The Morgan fingerprint density at radius 3 is 2.07 bits per heavy atom. The first-order valence-corrected chi connectivity index (χ1v) is 13.2. The van der Waals surface area contributed by atoms with E-state index in [0.717, 1.165) is 0 Å². The Bertz CT molecular complexity index is 1320. The molecule has 1 aliphatic rings. The quantitative estimate of drug-likeness (QED) is 0.199. The number of aromatic hydroxyl groups is 1. The normalized spacial score (nSPS) is 13.6. The zero-order valence-corrected chi connectivity index (χ0v) is 23.8. The second-order valence-corrected chi connectivity index (χ2v) is 8.89. The zero-order chi connectivity index (χ0) is 29.9. The zero-order valence-electron chi connectivity index (χ0n) is 23.8. The van der Waals surface area contributed by atoms with Gasteiger partial charge in [-0.15, -0.1) is 0 Å². The van der Waals surface area contributed by atoms with Crippen LogP contribution in [-0.4, -0.2) is 55.6 Å². The molecule has 0 aliphatic carbocycles. The average molecular weight is 566 g/mol. The third kappa shape index (κ3) is 7.87. The molecular weight excluding hydrogens is 530 g/mol. The molecule has 0 aromatic heterocycles. The molecule has 0 radical (unpaired) electrons. The lowest BCUT2D eigenvalue weighted by molar-refractivity contribution is -0.139. The summed E-state index contributed by atoms with van der Waals surface area (Å²) in [5.41, 5.74) is 5.45. The fourth-order valence-electron chi connectivity index (χ4n) is 4.28. The van der Waals surface area contributed by atoms with Gasteiger partial charge in [0.25, 0.3) is 5.91 Å². The highest BCUT2D eigenvalue weighted by Crippen LogP contribution is 2.39. The van der Waals surface area contributed by atoms with Crippen molar-refractivity contribution in [2.75, 3.05) is 26.4 Å². The van der Waals surface area contributed by atoms with Crippen molar-refractivity contribution in [2.24, 2.45) is 5.10 Å². The second-order valence-electron chi connectivity index (χ2n) is 8.89. The number of carbonyl (C=O) groups excluding carboxylic acids is 3. The molecule has 1 amide bonds. The van der Waals surface area contributed by atoms with E-state index in [1.807, 2.05) is 0 Å².